The highest BCUT2D eigenvalue weighted by Gasteiger charge is 2.38. The molecule has 0 aromatic rings. The minimum atomic E-state index is -0.219. The average molecular weight is 490 g/mol. The highest BCUT2D eigenvalue weighted by Crippen LogP contribution is 2.35. The Labute approximate surface area is 142 Å². The zero-order valence-electron chi connectivity index (χ0n) is 11.2. The van der Waals surface area contributed by atoms with Crippen LogP contribution in [0.1, 0.15) is 32.6 Å². The molecule has 4 nitrogen and oxygen atoms in total. The molecular formula is C13H20I2N2O2. The van der Waals surface area contributed by atoms with Gasteiger partial charge in [-0.15, -0.1) is 0 Å². The largest absolute Gasteiger partial charge is 0.342 e. The summed E-state index contributed by atoms with van der Waals surface area (Å²) in [5.74, 6) is 0.512. The predicted octanol–water partition coefficient (Wildman–Crippen LogP) is 2.64. The summed E-state index contributed by atoms with van der Waals surface area (Å²) in [6.45, 7) is 5.53. The molecule has 108 valence electrons. The quantitative estimate of drug-likeness (QED) is 0.340. The van der Waals surface area contributed by atoms with E-state index in [1.807, 2.05) is 34.4 Å². The summed E-state index contributed by atoms with van der Waals surface area (Å²) in [5, 5.41) is 0. The van der Waals surface area contributed by atoms with Crippen molar-refractivity contribution in [3.8, 4) is 0 Å². The van der Waals surface area contributed by atoms with Gasteiger partial charge in [0.15, 0.2) is 3.79 Å². The molecule has 0 aromatic carbocycles. The number of hydrogen-bond acceptors (Lipinski definition) is 3. The van der Waals surface area contributed by atoms with E-state index in [2.05, 4.69) is 26.0 Å². The lowest BCUT2D eigenvalue weighted by atomic mass is 9.81. The van der Waals surface area contributed by atoms with Crippen LogP contribution in [0.15, 0.2) is 0 Å². The number of likely N-dealkylation sites (tertiary alicyclic amines) is 1. The first kappa shape index (κ1) is 15.9. The summed E-state index contributed by atoms with van der Waals surface area (Å²) < 4.78 is 2.49. The van der Waals surface area contributed by atoms with E-state index in [0.717, 1.165) is 51.9 Å². The Morgan fingerprint density at radius 2 is 1.63 bits per heavy atom. The number of nitrogens with zero attached hydrogens (tertiary/aromatic N) is 2. The van der Waals surface area contributed by atoms with Crippen molar-refractivity contribution in [2.75, 3.05) is 26.2 Å². The van der Waals surface area contributed by atoms with Gasteiger partial charge >= 0.3 is 0 Å². The second-order valence-electron chi connectivity index (χ2n) is 5.84. The van der Waals surface area contributed by atoms with Crippen molar-refractivity contribution >= 4 is 55.2 Å². The summed E-state index contributed by atoms with van der Waals surface area (Å²) in [5.41, 5.74) is -0.219. The van der Waals surface area contributed by atoms with Gasteiger partial charge in [0, 0.05) is 83.0 Å². The highest BCUT2D eigenvalue weighted by atomic mass is 127. The first-order chi connectivity index (χ1) is 8.92. The van der Waals surface area contributed by atoms with Gasteiger partial charge in [-0.1, -0.05) is 6.92 Å². The van der Waals surface area contributed by atoms with Gasteiger partial charge in [0.05, 0.1) is 0 Å². The molecule has 2 heterocycles. The van der Waals surface area contributed by atoms with E-state index in [0.29, 0.717) is 5.91 Å². The van der Waals surface area contributed by atoms with Crippen LogP contribution in [-0.2, 0) is 9.59 Å². The van der Waals surface area contributed by atoms with Crippen LogP contribution in [0, 0.1) is 11.3 Å². The van der Waals surface area contributed by atoms with E-state index < -0.39 is 0 Å². The van der Waals surface area contributed by atoms with E-state index in [-0.39, 0.29) is 15.1 Å². The minimum Gasteiger partial charge on any atom is -0.342 e. The van der Waals surface area contributed by atoms with Crippen LogP contribution in [0.4, 0.5) is 0 Å². The molecule has 2 aliphatic rings. The van der Waals surface area contributed by atoms with E-state index in [9.17, 15) is 9.59 Å². The third-order valence-corrected chi connectivity index (χ3v) is 6.71. The highest BCUT2D eigenvalue weighted by molar-refractivity contribution is 14.1. The number of amides is 1. The molecule has 19 heavy (non-hydrogen) atoms. The average Bonchev–Trinajstić information content (AvgIpc) is 2.39. The van der Waals surface area contributed by atoms with Crippen molar-refractivity contribution in [2.45, 2.75) is 32.6 Å². The third kappa shape index (κ3) is 3.81. The zero-order chi connectivity index (χ0) is 14.0. The van der Waals surface area contributed by atoms with Gasteiger partial charge in [-0.3, -0.25) is 9.59 Å². The van der Waals surface area contributed by atoms with Crippen molar-refractivity contribution in [3.05, 3.63) is 0 Å². The smallest absolute Gasteiger partial charge is 0.225 e. The van der Waals surface area contributed by atoms with E-state index in [1.54, 1.807) is 0 Å². The molecule has 1 amide bonds. The maximum Gasteiger partial charge on any atom is 0.225 e. The maximum absolute atomic E-state index is 12.5. The molecule has 6 heteroatoms. The van der Waals surface area contributed by atoms with Crippen LogP contribution in [-0.4, -0.2) is 43.9 Å². The Balaban J connectivity index is 1.87. The summed E-state index contributed by atoms with van der Waals surface area (Å²) in [6.07, 6.45) is 3.57. The molecule has 2 fully saturated rings. The fraction of sp³-hybridized carbons (Fsp3) is 0.846. The lowest BCUT2D eigenvalue weighted by molar-refractivity contribution is -0.140. The Kier molecular flexibility index (Phi) is 5.49. The zero-order valence-corrected chi connectivity index (χ0v) is 15.5. The van der Waals surface area contributed by atoms with Gasteiger partial charge in [-0.2, -0.15) is 0 Å². The molecule has 0 aliphatic carbocycles. The molecule has 0 spiro atoms. The lowest BCUT2D eigenvalue weighted by Gasteiger charge is -2.39. The molecule has 0 atom stereocenters. The van der Waals surface area contributed by atoms with Gasteiger partial charge in [0.25, 0.3) is 0 Å². The maximum atomic E-state index is 12.5. The Morgan fingerprint density at radius 1 is 1.11 bits per heavy atom. The summed E-state index contributed by atoms with van der Waals surface area (Å²) >= 11 is 4.23. The molecule has 2 rings (SSSR count). The van der Waals surface area contributed by atoms with Crippen molar-refractivity contribution < 1.29 is 9.59 Å². The van der Waals surface area contributed by atoms with Gasteiger partial charge in [-0.05, 0) is 25.7 Å². The molecule has 0 N–H and O–H groups in total. The van der Waals surface area contributed by atoms with Gasteiger partial charge in [0.2, 0.25) is 5.91 Å². The Hall–Kier alpha value is 0.560. The third-order valence-electron chi connectivity index (χ3n) is 4.44. The summed E-state index contributed by atoms with van der Waals surface area (Å²) in [7, 11) is 0. The summed E-state index contributed by atoms with van der Waals surface area (Å²) in [4.78, 5) is 26.1. The number of halogens is 2. The van der Waals surface area contributed by atoms with Crippen molar-refractivity contribution in [1.29, 1.82) is 0 Å². The van der Waals surface area contributed by atoms with Crippen LogP contribution in [0.5, 0.6) is 0 Å². The van der Waals surface area contributed by atoms with Crippen molar-refractivity contribution in [1.82, 2.24) is 8.01 Å². The molecule has 0 radical (unpaired) electrons. The molecule has 0 bridgehead atoms. The predicted molar refractivity (Wildman–Crippen MR) is 91.3 cm³/mol. The number of hydrogen-bond donors (Lipinski definition) is 0. The normalized spacial score (nSPS) is 25.3. The molecular weight excluding hydrogens is 470 g/mol. The summed E-state index contributed by atoms with van der Waals surface area (Å²) in [6, 6.07) is 0. The van der Waals surface area contributed by atoms with Crippen molar-refractivity contribution in [2.24, 2.45) is 11.3 Å². The number of rotatable bonds is 2. The number of carbonyl (C=O) groups excluding carboxylic acids is 2. The van der Waals surface area contributed by atoms with Gasteiger partial charge in [0.1, 0.15) is 0 Å². The second kappa shape index (κ2) is 6.55. The standard InChI is InChI=1S/C13H20I2N2O2/c1-13(12(14)19)4-8-16(9-5-13)11(18)10-2-6-17(15)7-3-10/h10H,2-9H2,1H3. The molecule has 0 saturated carbocycles. The molecule has 2 saturated heterocycles. The molecule has 2 aliphatic heterocycles. The lowest BCUT2D eigenvalue weighted by Crippen LogP contribution is -2.47. The van der Waals surface area contributed by atoms with Crippen LogP contribution in [0.2, 0.25) is 0 Å². The monoisotopic (exact) mass is 490 g/mol. The number of carbonyl (C=O) groups is 2. The SMILES string of the molecule is CC1(C(=O)I)CCN(C(=O)C2CCN(I)CC2)CC1. The van der Waals surface area contributed by atoms with Gasteiger partial charge in [-0.25, -0.2) is 3.11 Å². The van der Waals surface area contributed by atoms with Crippen LogP contribution < -0.4 is 0 Å². The van der Waals surface area contributed by atoms with Crippen LogP contribution >= 0.6 is 45.5 Å². The second-order valence-corrected chi connectivity index (χ2v) is 8.19. The van der Waals surface area contributed by atoms with E-state index in [1.165, 1.54) is 0 Å². The number of piperidine rings is 2. The van der Waals surface area contributed by atoms with E-state index in [4.69, 9.17) is 0 Å². The fourth-order valence-electron chi connectivity index (χ4n) is 2.77. The first-order valence-electron chi connectivity index (χ1n) is 6.82. The van der Waals surface area contributed by atoms with Crippen LogP contribution in [0.25, 0.3) is 0 Å². The van der Waals surface area contributed by atoms with Crippen molar-refractivity contribution in [3.63, 3.8) is 0 Å². The fourth-order valence-corrected chi connectivity index (χ4v) is 3.87. The topological polar surface area (TPSA) is 40.6 Å². The Bertz CT molecular complexity index is 360. The van der Waals surface area contributed by atoms with E-state index >= 15 is 0 Å². The van der Waals surface area contributed by atoms with Crippen LogP contribution in [0.3, 0.4) is 0 Å². The van der Waals surface area contributed by atoms with Gasteiger partial charge < -0.3 is 4.90 Å². The molecule has 0 aromatic heterocycles. The minimum absolute atomic E-state index is 0.200. The Morgan fingerprint density at radius 3 is 2.11 bits per heavy atom. The first-order valence-corrected chi connectivity index (χ1v) is 8.86. The molecule has 0 unspecified atom stereocenters.